The molecule has 1 aromatic heterocycles. The van der Waals surface area contributed by atoms with Crippen LogP contribution in [0.15, 0.2) is 35.1 Å². The number of benzene rings is 1. The first kappa shape index (κ1) is 21.5. The minimum atomic E-state index is -4.53. The lowest BCUT2D eigenvalue weighted by atomic mass is 10.0. The molecule has 1 saturated heterocycles. The maximum atomic E-state index is 13.0. The van der Waals surface area contributed by atoms with Gasteiger partial charge < -0.3 is 10.2 Å². The Morgan fingerprint density at radius 2 is 1.83 bits per heavy atom. The number of hydrogen-bond donors (Lipinski definition) is 1. The summed E-state index contributed by atoms with van der Waals surface area (Å²) in [5.74, 6) is -0.731. The molecule has 0 bridgehead atoms. The summed E-state index contributed by atoms with van der Waals surface area (Å²) in [5.41, 5.74) is -1.39. The highest BCUT2D eigenvalue weighted by Gasteiger charge is 2.31. The average Bonchev–Trinajstić information content (AvgIpc) is 2.67. The van der Waals surface area contributed by atoms with Gasteiger partial charge in [0.05, 0.1) is 11.3 Å². The number of amides is 2. The lowest BCUT2D eigenvalue weighted by Crippen LogP contribution is -2.47. The average molecular weight is 422 g/mol. The van der Waals surface area contributed by atoms with E-state index in [1.165, 1.54) is 36.9 Å². The lowest BCUT2D eigenvalue weighted by molar-refractivity contribution is -0.137. The summed E-state index contributed by atoms with van der Waals surface area (Å²) in [5, 5.41) is 6.88. The quantitative estimate of drug-likeness (QED) is 0.823. The molecule has 0 saturated carbocycles. The highest BCUT2D eigenvalue weighted by atomic mass is 19.4. The molecule has 0 spiro atoms. The van der Waals surface area contributed by atoms with Crippen LogP contribution in [0.3, 0.4) is 0 Å². The Labute approximate surface area is 170 Å². The monoisotopic (exact) mass is 422 g/mol. The Bertz CT molecular complexity index is 1020. The largest absolute Gasteiger partial charge is 0.416 e. The zero-order chi connectivity index (χ0) is 22.1. The summed E-state index contributed by atoms with van der Waals surface area (Å²) < 4.78 is 40.3. The van der Waals surface area contributed by atoms with Gasteiger partial charge in [-0.25, -0.2) is 4.68 Å². The van der Waals surface area contributed by atoms with Crippen molar-refractivity contribution in [1.82, 2.24) is 20.0 Å². The number of carbonyl (C=O) groups is 2. The first-order valence-corrected chi connectivity index (χ1v) is 9.41. The molecule has 0 radical (unpaired) electrons. The standard InChI is InChI=1S/C20H21F3N4O3/c1-12-10-17(29)18(19(30)26-8-6-15(7-9-26)24-13(2)28)25-27(12)16-5-3-4-14(11-16)20(21,22)23/h3-5,10-11,15H,6-9H2,1-2H3,(H,24,28). The third-order valence-electron chi connectivity index (χ3n) is 4.92. The summed E-state index contributed by atoms with van der Waals surface area (Å²) in [4.78, 5) is 37.9. The van der Waals surface area contributed by atoms with Crippen molar-refractivity contribution in [3.63, 3.8) is 0 Å². The maximum absolute atomic E-state index is 13.0. The van der Waals surface area contributed by atoms with E-state index in [-0.39, 0.29) is 23.3 Å². The molecule has 30 heavy (non-hydrogen) atoms. The number of halogens is 3. The van der Waals surface area contributed by atoms with Crippen LogP contribution in [0, 0.1) is 6.92 Å². The maximum Gasteiger partial charge on any atom is 0.416 e. The van der Waals surface area contributed by atoms with E-state index in [4.69, 9.17) is 0 Å². The van der Waals surface area contributed by atoms with Gasteiger partial charge in [0.15, 0.2) is 5.69 Å². The van der Waals surface area contributed by atoms with Crippen LogP contribution in [0.25, 0.3) is 5.69 Å². The molecule has 3 rings (SSSR count). The van der Waals surface area contributed by atoms with Crippen LogP contribution in [-0.4, -0.2) is 45.6 Å². The van der Waals surface area contributed by atoms with Crippen LogP contribution in [0.5, 0.6) is 0 Å². The first-order valence-electron chi connectivity index (χ1n) is 9.41. The molecule has 2 aromatic rings. The smallest absolute Gasteiger partial charge is 0.353 e. The topological polar surface area (TPSA) is 84.3 Å². The fraction of sp³-hybridized carbons (Fsp3) is 0.400. The van der Waals surface area contributed by atoms with Crippen molar-refractivity contribution in [2.75, 3.05) is 13.1 Å². The highest BCUT2D eigenvalue weighted by Crippen LogP contribution is 2.30. The third kappa shape index (κ3) is 4.69. The fourth-order valence-corrected chi connectivity index (χ4v) is 3.44. The molecule has 1 N–H and O–H groups in total. The van der Waals surface area contributed by atoms with Gasteiger partial charge in [-0.1, -0.05) is 6.07 Å². The number of likely N-dealkylation sites (tertiary alicyclic amines) is 1. The molecule has 2 heterocycles. The normalized spacial score (nSPS) is 15.2. The molecule has 0 atom stereocenters. The van der Waals surface area contributed by atoms with Crippen LogP contribution < -0.4 is 10.7 Å². The van der Waals surface area contributed by atoms with E-state index in [9.17, 15) is 27.6 Å². The van der Waals surface area contributed by atoms with E-state index in [0.29, 0.717) is 31.6 Å². The zero-order valence-corrected chi connectivity index (χ0v) is 16.5. The van der Waals surface area contributed by atoms with Crippen LogP contribution in [-0.2, 0) is 11.0 Å². The van der Waals surface area contributed by atoms with E-state index < -0.39 is 23.1 Å². The molecule has 2 amide bonds. The lowest BCUT2D eigenvalue weighted by Gasteiger charge is -2.32. The molecule has 1 aliphatic rings. The molecule has 1 aliphatic heterocycles. The molecule has 1 aromatic carbocycles. The van der Waals surface area contributed by atoms with Crippen LogP contribution in [0.4, 0.5) is 13.2 Å². The molecule has 10 heteroatoms. The van der Waals surface area contributed by atoms with Crippen molar-refractivity contribution in [3.05, 3.63) is 57.5 Å². The predicted octanol–water partition coefficient (Wildman–Crippen LogP) is 2.30. The molecular weight excluding hydrogens is 401 g/mol. The predicted molar refractivity (Wildman–Crippen MR) is 102 cm³/mol. The van der Waals surface area contributed by atoms with Gasteiger partial charge >= 0.3 is 6.18 Å². The number of aryl methyl sites for hydroxylation is 1. The van der Waals surface area contributed by atoms with Gasteiger partial charge in [0.25, 0.3) is 5.91 Å². The highest BCUT2D eigenvalue weighted by molar-refractivity contribution is 5.92. The third-order valence-corrected chi connectivity index (χ3v) is 4.92. The van der Waals surface area contributed by atoms with E-state index in [0.717, 1.165) is 16.8 Å². The number of nitrogens with one attached hydrogen (secondary N) is 1. The number of rotatable bonds is 3. The van der Waals surface area contributed by atoms with Gasteiger partial charge in [-0.3, -0.25) is 14.4 Å². The number of hydrogen-bond acceptors (Lipinski definition) is 4. The minimum absolute atomic E-state index is 0.0423. The summed E-state index contributed by atoms with van der Waals surface area (Å²) in [6.45, 7) is 3.62. The summed E-state index contributed by atoms with van der Waals surface area (Å²) in [6.07, 6.45) is -3.45. The first-order chi connectivity index (χ1) is 14.1. The van der Waals surface area contributed by atoms with E-state index >= 15 is 0 Å². The van der Waals surface area contributed by atoms with Gasteiger partial charge in [-0.15, -0.1) is 0 Å². The van der Waals surface area contributed by atoms with E-state index in [1.54, 1.807) is 0 Å². The second-order valence-electron chi connectivity index (χ2n) is 7.23. The van der Waals surface area contributed by atoms with Crippen molar-refractivity contribution in [2.24, 2.45) is 0 Å². The van der Waals surface area contributed by atoms with Crippen LogP contribution in [0.1, 0.15) is 41.5 Å². The Hall–Kier alpha value is -3.17. The minimum Gasteiger partial charge on any atom is -0.353 e. The summed E-state index contributed by atoms with van der Waals surface area (Å²) in [7, 11) is 0. The second kappa shape index (κ2) is 8.29. The second-order valence-corrected chi connectivity index (χ2v) is 7.23. The Balaban J connectivity index is 1.88. The van der Waals surface area contributed by atoms with Crippen molar-refractivity contribution >= 4 is 11.8 Å². The van der Waals surface area contributed by atoms with Crippen LogP contribution >= 0.6 is 0 Å². The number of piperidine rings is 1. The van der Waals surface area contributed by atoms with Crippen LogP contribution in [0.2, 0.25) is 0 Å². The molecule has 0 unspecified atom stereocenters. The molecular formula is C20H21F3N4O3. The molecule has 160 valence electrons. The molecule has 1 fully saturated rings. The van der Waals surface area contributed by atoms with Crippen molar-refractivity contribution < 1.29 is 22.8 Å². The van der Waals surface area contributed by atoms with E-state index in [2.05, 4.69) is 10.4 Å². The van der Waals surface area contributed by atoms with Crippen molar-refractivity contribution in [1.29, 1.82) is 0 Å². The van der Waals surface area contributed by atoms with E-state index in [1.807, 2.05) is 0 Å². The Kier molecular flexibility index (Phi) is 5.95. The number of nitrogens with zero attached hydrogens (tertiary/aromatic N) is 3. The number of alkyl halides is 3. The Morgan fingerprint density at radius 1 is 1.17 bits per heavy atom. The van der Waals surface area contributed by atoms with Crippen molar-refractivity contribution in [3.8, 4) is 5.69 Å². The van der Waals surface area contributed by atoms with Gasteiger partial charge in [0.1, 0.15) is 0 Å². The fourth-order valence-electron chi connectivity index (χ4n) is 3.44. The summed E-state index contributed by atoms with van der Waals surface area (Å²) >= 11 is 0. The van der Waals surface area contributed by atoms with Gasteiger partial charge in [0.2, 0.25) is 11.3 Å². The Morgan fingerprint density at radius 3 is 2.43 bits per heavy atom. The van der Waals surface area contributed by atoms with Gasteiger partial charge in [0, 0.05) is 37.8 Å². The summed E-state index contributed by atoms with van der Waals surface area (Å²) in [6, 6.07) is 5.66. The molecule has 7 nitrogen and oxygen atoms in total. The van der Waals surface area contributed by atoms with Gasteiger partial charge in [-0.2, -0.15) is 18.3 Å². The van der Waals surface area contributed by atoms with Gasteiger partial charge in [-0.05, 0) is 38.0 Å². The zero-order valence-electron chi connectivity index (χ0n) is 16.5. The van der Waals surface area contributed by atoms with Crippen molar-refractivity contribution in [2.45, 2.75) is 38.9 Å². The SMILES string of the molecule is CC(=O)NC1CCN(C(=O)c2nn(-c3cccc(C(F)(F)F)c3)c(C)cc2=O)CC1. The number of aromatic nitrogens is 2. The molecule has 0 aliphatic carbocycles. The number of carbonyl (C=O) groups excluding carboxylic acids is 2.